The average Bonchev–Trinajstić information content (AvgIpc) is 2.85. The number of carbonyl (C=O) groups excluding carboxylic acids is 1. The Labute approximate surface area is 205 Å². The molecule has 10 heteroatoms. The molecule has 0 radical (unpaired) electrons. The first-order valence-electron chi connectivity index (χ1n) is 11.4. The predicted molar refractivity (Wildman–Crippen MR) is 137 cm³/mol. The number of aromatic nitrogens is 3. The standard InChI is InChI=1S/C26H26FN5O4/c1-4-15-8-10-19(18(27)13-15)29-23-21-22(14(2)25(35)31(23)3)32(26(36)30-24(21)34)17-7-5-6-16(12-17)9-11-20(28)33/h5-8,10,12-13,29H,4,9,11H2,1-3H3,(H2,28,33)(H,30,34,36). The van der Waals surface area contributed by atoms with E-state index in [9.17, 15) is 23.6 Å². The van der Waals surface area contributed by atoms with Crippen molar-refractivity contribution in [2.75, 3.05) is 5.32 Å². The lowest BCUT2D eigenvalue weighted by molar-refractivity contribution is -0.117. The summed E-state index contributed by atoms with van der Waals surface area (Å²) in [5, 5.41) is 2.91. The van der Waals surface area contributed by atoms with Crippen molar-refractivity contribution in [1.29, 1.82) is 0 Å². The van der Waals surface area contributed by atoms with Crippen LogP contribution in [0.3, 0.4) is 0 Å². The maximum atomic E-state index is 14.8. The minimum absolute atomic E-state index is 0.0238. The smallest absolute Gasteiger partial charge is 0.333 e. The first-order chi connectivity index (χ1) is 17.1. The van der Waals surface area contributed by atoms with Gasteiger partial charge in [0.15, 0.2) is 0 Å². The Bertz CT molecular complexity index is 1680. The zero-order valence-electron chi connectivity index (χ0n) is 20.1. The Hall–Kier alpha value is -4.47. The van der Waals surface area contributed by atoms with Crippen LogP contribution in [0.2, 0.25) is 0 Å². The summed E-state index contributed by atoms with van der Waals surface area (Å²) in [5.74, 6) is -0.952. The predicted octanol–water partition coefficient (Wildman–Crippen LogP) is 2.55. The summed E-state index contributed by atoms with van der Waals surface area (Å²) in [7, 11) is 1.47. The van der Waals surface area contributed by atoms with E-state index in [4.69, 9.17) is 5.73 Å². The molecule has 9 nitrogen and oxygen atoms in total. The maximum absolute atomic E-state index is 14.8. The van der Waals surface area contributed by atoms with Crippen LogP contribution < -0.4 is 27.9 Å². The number of amides is 1. The molecule has 0 aliphatic carbocycles. The van der Waals surface area contributed by atoms with Gasteiger partial charge < -0.3 is 11.1 Å². The van der Waals surface area contributed by atoms with E-state index in [0.717, 1.165) is 11.1 Å². The first kappa shape index (κ1) is 24.6. The number of nitrogens with zero attached hydrogens (tertiary/aromatic N) is 2. The molecule has 4 N–H and O–H groups in total. The van der Waals surface area contributed by atoms with Crippen molar-refractivity contribution in [1.82, 2.24) is 14.1 Å². The number of hydrogen-bond donors (Lipinski definition) is 3. The van der Waals surface area contributed by atoms with Crippen molar-refractivity contribution in [2.24, 2.45) is 12.8 Å². The van der Waals surface area contributed by atoms with E-state index >= 15 is 0 Å². The van der Waals surface area contributed by atoms with Crippen molar-refractivity contribution >= 4 is 28.3 Å². The Morgan fingerprint density at radius 1 is 1.11 bits per heavy atom. The number of benzene rings is 2. The molecule has 2 aromatic carbocycles. The van der Waals surface area contributed by atoms with Crippen molar-refractivity contribution in [3.05, 3.63) is 96.2 Å². The summed E-state index contributed by atoms with van der Waals surface area (Å²) in [5.41, 5.74) is 5.63. The number of aryl methyl sites for hydroxylation is 3. The quantitative estimate of drug-likeness (QED) is 0.366. The van der Waals surface area contributed by atoms with Gasteiger partial charge in [0.1, 0.15) is 17.0 Å². The molecule has 36 heavy (non-hydrogen) atoms. The highest BCUT2D eigenvalue weighted by Crippen LogP contribution is 2.27. The van der Waals surface area contributed by atoms with Gasteiger partial charge in [-0.05, 0) is 55.2 Å². The van der Waals surface area contributed by atoms with Crippen molar-refractivity contribution < 1.29 is 9.18 Å². The van der Waals surface area contributed by atoms with Gasteiger partial charge in [0.05, 0.1) is 16.9 Å². The SMILES string of the molecule is CCc1ccc(Nc2c3c(=O)[nH]c(=O)n(-c4cccc(CCC(N)=O)c4)c3c(C)c(=O)n2C)c(F)c1. The summed E-state index contributed by atoms with van der Waals surface area (Å²) in [6.45, 7) is 3.43. The van der Waals surface area contributed by atoms with Crippen LogP contribution in [0.5, 0.6) is 0 Å². The van der Waals surface area contributed by atoms with E-state index in [1.165, 1.54) is 35.2 Å². The number of nitrogens with two attached hydrogens (primary N) is 1. The maximum Gasteiger partial charge on any atom is 0.333 e. The van der Waals surface area contributed by atoms with Crippen LogP contribution in [-0.4, -0.2) is 20.0 Å². The molecule has 186 valence electrons. The summed E-state index contributed by atoms with van der Waals surface area (Å²) in [6, 6.07) is 11.5. The fraction of sp³-hybridized carbons (Fsp3) is 0.231. The lowest BCUT2D eigenvalue weighted by Gasteiger charge is -2.19. The first-order valence-corrected chi connectivity index (χ1v) is 11.4. The molecule has 0 atom stereocenters. The molecule has 2 aromatic heterocycles. The molecule has 0 aliphatic heterocycles. The van der Waals surface area contributed by atoms with Gasteiger partial charge in [-0.1, -0.05) is 25.1 Å². The van der Waals surface area contributed by atoms with E-state index < -0.39 is 28.5 Å². The third kappa shape index (κ3) is 4.45. The number of H-pyrrole nitrogens is 1. The van der Waals surface area contributed by atoms with Gasteiger partial charge in [-0.25, -0.2) is 9.18 Å². The number of halogens is 1. The Kier molecular flexibility index (Phi) is 6.61. The Morgan fingerprint density at radius 2 is 1.86 bits per heavy atom. The molecule has 0 saturated carbocycles. The number of hydrogen-bond acceptors (Lipinski definition) is 5. The van der Waals surface area contributed by atoms with E-state index in [-0.39, 0.29) is 34.4 Å². The minimum Gasteiger partial charge on any atom is -0.370 e. The molecule has 0 bridgehead atoms. The normalized spacial score (nSPS) is 11.1. The van der Waals surface area contributed by atoms with Crippen molar-refractivity contribution in [2.45, 2.75) is 33.1 Å². The third-order valence-corrected chi connectivity index (χ3v) is 6.19. The number of rotatable bonds is 7. The lowest BCUT2D eigenvalue weighted by Crippen LogP contribution is -2.34. The second kappa shape index (κ2) is 9.65. The van der Waals surface area contributed by atoms with Gasteiger partial charge in [-0.15, -0.1) is 0 Å². The minimum atomic E-state index is -0.736. The van der Waals surface area contributed by atoms with Crippen LogP contribution >= 0.6 is 0 Å². The Balaban J connectivity index is 2.00. The van der Waals surface area contributed by atoms with Gasteiger partial charge in [-0.3, -0.25) is 28.5 Å². The van der Waals surface area contributed by atoms with Gasteiger partial charge >= 0.3 is 5.69 Å². The van der Waals surface area contributed by atoms with Gasteiger partial charge in [-0.2, -0.15) is 0 Å². The zero-order valence-corrected chi connectivity index (χ0v) is 20.1. The highest BCUT2D eigenvalue weighted by molar-refractivity contribution is 5.93. The molecule has 4 rings (SSSR count). The highest BCUT2D eigenvalue weighted by atomic mass is 19.1. The van der Waals surface area contributed by atoms with Crippen molar-refractivity contribution in [3.63, 3.8) is 0 Å². The van der Waals surface area contributed by atoms with Gasteiger partial charge in [0.2, 0.25) is 5.91 Å². The Morgan fingerprint density at radius 3 is 2.53 bits per heavy atom. The monoisotopic (exact) mass is 491 g/mol. The molecule has 0 fully saturated rings. The van der Waals surface area contributed by atoms with E-state index in [1.807, 2.05) is 6.92 Å². The third-order valence-electron chi connectivity index (χ3n) is 6.19. The largest absolute Gasteiger partial charge is 0.370 e. The highest BCUT2D eigenvalue weighted by Gasteiger charge is 2.21. The number of anilines is 2. The lowest BCUT2D eigenvalue weighted by atomic mass is 10.1. The van der Waals surface area contributed by atoms with E-state index in [2.05, 4.69) is 10.3 Å². The number of carbonyl (C=O) groups is 1. The van der Waals surface area contributed by atoms with Gasteiger partial charge in [0.25, 0.3) is 11.1 Å². The molecule has 0 spiro atoms. The molecular weight excluding hydrogens is 465 g/mol. The number of nitrogens with one attached hydrogen (secondary N) is 2. The number of aromatic amines is 1. The second-order valence-corrected chi connectivity index (χ2v) is 8.59. The summed E-state index contributed by atoms with van der Waals surface area (Å²) >= 11 is 0. The van der Waals surface area contributed by atoms with Crippen LogP contribution in [0, 0.1) is 12.7 Å². The van der Waals surface area contributed by atoms with Crippen LogP contribution in [0.25, 0.3) is 16.6 Å². The molecule has 4 aromatic rings. The summed E-state index contributed by atoms with van der Waals surface area (Å²) < 4.78 is 17.3. The molecular formula is C26H26FN5O4. The van der Waals surface area contributed by atoms with E-state index in [1.54, 1.807) is 30.3 Å². The molecule has 0 unspecified atom stereocenters. The summed E-state index contributed by atoms with van der Waals surface area (Å²) in [6.07, 6.45) is 1.13. The van der Waals surface area contributed by atoms with E-state index in [0.29, 0.717) is 18.5 Å². The number of pyridine rings is 1. The number of fused-ring (bicyclic) bond motifs is 1. The summed E-state index contributed by atoms with van der Waals surface area (Å²) in [4.78, 5) is 52.8. The fourth-order valence-electron chi connectivity index (χ4n) is 4.25. The molecule has 0 aliphatic rings. The molecule has 0 saturated heterocycles. The second-order valence-electron chi connectivity index (χ2n) is 8.59. The van der Waals surface area contributed by atoms with Crippen LogP contribution in [0.4, 0.5) is 15.9 Å². The van der Waals surface area contributed by atoms with Gasteiger partial charge in [0, 0.05) is 19.0 Å². The molecule has 1 amide bonds. The topological polar surface area (TPSA) is 132 Å². The van der Waals surface area contributed by atoms with Crippen LogP contribution in [0.15, 0.2) is 56.8 Å². The fourth-order valence-corrected chi connectivity index (χ4v) is 4.25. The number of primary amides is 1. The zero-order chi connectivity index (χ0) is 26.1. The average molecular weight is 492 g/mol. The van der Waals surface area contributed by atoms with Crippen LogP contribution in [-0.2, 0) is 24.7 Å². The molecule has 2 heterocycles. The van der Waals surface area contributed by atoms with Crippen molar-refractivity contribution in [3.8, 4) is 5.69 Å². The van der Waals surface area contributed by atoms with Crippen LogP contribution in [0.1, 0.15) is 30.0 Å².